The van der Waals surface area contributed by atoms with E-state index in [1.54, 1.807) is 25.3 Å². The van der Waals surface area contributed by atoms with Crippen molar-refractivity contribution in [3.63, 3.8) is 0 Å². The van der Waals surface area contributed by atoms with Crippen LogP contribution in [0.15, 0.2) is 36.5 Å². The molecule has 1 fully saturated rings. The van der Waals surface area contributed by atoms with Gasteiger partial charge in [-0.1, -0.05) is 49.4 Å². The maximum atomic E-state index is 13.8. The second-order valence-corrected chi connectivity index (χ2v) is 9.90. The van der Waals surface area contributed by atoms with E-state index in [9.17, 15) is 4.39 Å². The lowest BCUT2D eigenvalue weighted by molar-refractivity contribution is 0.365. The van der Waals surface area contributed by atoms with Crippen LogP contribution in [0.4, 0.5) is 16.2 Å². The molecule has 0 spiro atoms. The van der Waals surface area contributed by atoms with Gasteiger partial charge in [-0.15, -0.1) is 0 Å². The van der Waals surface area contributed by atoms with Crippen molar-refractivity contribution >= 4 is 23.4 Å². The average Bonchev–Trinajstić information content (AvgIpc) is 3.07. The van der Waals surface area contributed by atoms with Gasteiger partial charge in [-0.05, 0) is 44.4 Å². The quantitative estimate of drug-likeness (QED) is 0.310. The number of nitrogen functional groups attached to an aromatic ring is 1. The fourth-order valence-electron chi connectivity index (χ4n) is 5.33. The molecule has 2 heterocycles. The molecule has 2 aromatic heterocycles. The summed E-state index contributed by atoms with van der Waals surface area (Å²) in [6, 6.07) is 8.72. The van der Waals surface area contributed by atoms with Crippen LogP contribution in [-0.2, 0) is 12.0 Å². The molecule has 2 N–H and O–H groups in total. The first-order valence-corrected chi connectivity index (χ1v) is 12.5. The number of methoxy groups -OCH3 is 1. The highest BCUT2D eigenvalue weighted by Gasteiger charge is 2.36. The predicted octanol–water partition coefficient (Wildman–Crippen LogP) is 6.17. The van der Waals surface area contributed by atoms with Crippen molar-refractivity contribution in [2.24, 2.45) is 0 Å². The normalized spacial score (nSPS) is 15.5. The molecule has 3 aromatic rings. The molecule has 1 aromatic carbocycles. The second kappa shape index (κ2) is 10.8. The molecule has 0 unspecified atom stereocenters. The highest BCUT2D eigenvalue weighted by Crippen LogP contribution is 2.40. The fourth-order valence-corrected chi connectivity index (χ4v) is 5.51. The van der Waals surface area contributed by atoms with Crippen LogP contribution in [0.2, 0.25) is 5.15 Å². The minimum Gasteiger partial charge on any atom is -0.496 e. The third-order valence-corrected chi connectivity index (χ3v) is 7.32. The van der Waals surface area contributed by atoms with Crippen LogP contribution in [0.25, 0.3) is 0 Å². The van der Waals surface area contributed by atoms with E-state index >= 15 is 0 Å². The zero-order chi connectivity index (χ0) is 25.0. The topological polar surface area (TPSA) is 77.2 Å². The number of rotatable bonds is 7. The Labute approximate surface area is 211 Å². The number of aryl methyl sites for hydroxylation is 1. The zero-order valence-corrected chi connectivity index (χ0v) is 21.4. The summed E-state index contributed by atoms with van der Waals surface area (Å²) in [5.74, 6) is 1.38. The fraction of sp³-hybridized carbons (Fsp3) is 0.444. The van der Waals surface area contributed by atoms with E-state index in [-0.39, 0.29) is 17.2 Å². The smallest absolute Gasteiger partial charge is 0.223 e. The van der Waals surface area contributed by atoms with Crippen LogP contribution in [-0.4, -0.2) is 28.6 Å². The zero-order valence-electron chi connectivity index (χ0n) is 20.7. The van der Waals surface area contributed by atoms with E-state index in [4.69, 9.17) is 27.1 Å². The molecule has 35 heavy (non-hydrogen) atoms. The number of nitrogens with zero attached hydrogens (tertiary/aromatic N) is 4. The van der Waals surface area contributed by atoms with Crippen molar-refractivity contribution in [3.8, 4) is 5.75 Å². The van der Waals surface area contributed by atoms with Gasteiger partial charge in [0.1, 0.15) is 22.5 Å². The molecule has 8 heteroatoms. The number of ether oxygens (including phenoxy) is 1. The van der Waals surface area contributed by atoms with Gasteiger partial charge in [0, 0.05) is 35.3 Å². The Kier molecular flexibility index (Phi) is 7.75. The molecule has 0 aliphatic heterocycles. The molecule has 1 saturated carbocycles. The largest absolute Gasteiger partial charge is 0.496 e. The van der Waals surface area contributed by atoms with Crippen LogP contribution in [0.3, 0.4) is 0 Å². The van der Waals surface area contributed by atoms with Crippen molar-refractivity contribution in [2.45, 2.75) is 64.3 Å². The third kappa shape index (κ3) is 5.67. The molecule has 0 radical (unpaired) electrons. The Bertz CT molecular complexity index is 1140. The van der Waals surface area contributed by atoms with Gasteiger partial charge in [-0.2, -0.15) is 4.98 Å². The maximum absolute atomic E-state index is 13.8. The van der Waals surface area contributed by atoms with Gasteiger partial charge in [0.15, 0.2) is 0 Å². The van der Waals surface area contributed by atoms with E-state index in [0.717, 1.165) is 53.8 Å². The standard InChI is InChI=1S/C27H33ClFN5O/c1-18-15-31-22(19(2)25(18)35-3)16-34(24-14-23(28)32-26(30)33-24)17-27(12-6-4-5-7-13-27)20-8-10-21(29)11-9-20/h8-11,14-15H,4-7,12-13,16-17H2,1-3H3,(H2,30,32,33). The van der Waals surface area contributed by atoms with Crippen LogP contribution >= 0.6 is 11.6 Å². The molecule has 6 nitrogen and oxygen atoms in total. The summed E-state index contributed by atoms with van der Waals surface area (Å²) in [6.45, 7) is 5.18. The highest BCUT2D eigenvalue weighted by atomic mass is 35.5. The van der Waals surface area contributed by atoms with Crippen molar-refractivity contribution in [1.82, 2.24) is 15.0 Å². The minimum absolute atomic E-state index is 0.125. The van der Waals surface area contributed by atoms with E-state index in [2.05, 4.69) is 14.9 Å². The molecule has 186 valence electrons. The number of aromatic nitrogens is 3. The lowest BCUT2D eigenvalue weighted by Gasteiger charge is -2.39. The summed E-state index contributed by atoms with van der Waals surface area (Å²) in [5.41, 5.74) is 9.84. The highest BCUT2D eigenvalue weighted by molar-refractivity contribution is 6.29. The second-order valence-electron chi connectivity index (χ2n) is 9.51. The number of nitrogens with two attached hydrogens (primary N) is 1. The number of hydrogen-bond acceptors (Lipinski definition) is 6. The molecule has 0 bridgehead atoms. The van der Waals surface area contributed by atoms with Crippen molar-refractivity contribution in [2.75, 3.05) is 24.3 Å². The monoisotopic (exact) mass is 497 g/mol. The predicted molar refractivity (Wildman–Crippen MR) is 139 cm³/mol. The summed E-state index contributed by atoms with van der Waals surface area (Å²) in [6.07, 6.45) is 8.49. The molecule has 1 aliphatic rings. The van der Waals surface area contributed by atoms with E-state index in [1.165, 1.54) is 12.8 Å². The molecule has 4 rings (SSSR count). The van der Waals surface area contributed by atoms with Gasteiger partial charge in [-0.25, -0.2) is 9.37 Å². The Morgan fingerprint density at radius 2 is 1.77 bits per heavy atom. The Morgan fingerprint density at radius 1 is 1.09 bits per heavy atom. The third-order valence-electron chi connectivity index (χ3n) is 7.12. The van der Waals surface area contributed by atoms with E-state index < -0.39 is 0 Å². The van der Waals surface area contributed by atoms with Gasteiger partial charge in [0.2, 0.25) is 5.95 Å². The SMILES string of the molecule is COc1c(C)cnc(CN(CC2(c3ccc(F)cc3)CCCCCC2)c2cc(Cl)nc(N)n2)c1C. The van der Waals surface area contributed by atoms with Crippen molar-refractivity contribution < 1.29 is 9.13 Å². The van der Waals surface area contributed by atoms with E-state index in [1.807, 2.05) is 32.2 Å². The minimum atomic E-state index is -0.226. The number of pyridine rings is 1. The van der Waals surface area contributed by atoms with Crippen LogP contribution in [0.1, 0.15) is 60.9 Å². The van der Waals surface area contributed by atoms with Gasteiger partial charge in [-0.3, -0.25) is 4.98 Å². The lowest BCUT2D eigenvalue weighted by atomic mass is 9.73. The number of benzene rings is 1. The first kappa shape index (κ1) is 25.2. The Balaban J connectivity index is 1.80. The summed E-state index contributed by atoms with van der Waals surface area (Å²) in [7, 11) is 1.68. The average molecular weight is 498 g/mol. The first-order chi connectivity index (χ1) is 16.8. The lowest BCUT2D eigenvalue weighted by Crippen LogP contribution is -2.41. The van der Waals surface area contributed by atoms with Gasteiger partial charge < -0.3 is 15.4 Å². The van der Waals surface area contributed by atoms with Gasteiger partial charge in [0.05, 0.1) is 19.3 Å². The number of anilines is 2. The molecule has 1 aliphatic carbocycles. The molecule has 0 atom stereocenters. The van der Waals surface area contributed by atoms with E-state index in [0.29, 0.717) is 24.1 Å². The summed E-state index contributed by atoms with van der Waals surface area (Å²) < 4.78 is 19.5. The Hall–Kier alpha value is -2.93. The van der Waals surface area contributed by atoms with Crippen molar-refractivity contribution in [3.05, 3.63) is 69.9 Å². The number of halogens is 2. The summed E-state index contributed by atoms with van der Waals surface area (Å²) in [4.78, 5) is 15.5. The molecule has 0 amide bonds. The van der Waals surface area contributed by atoms with Crippen LogP contribution < -0.4 is 15.4 Å². The molecular formula is C27H33ClFN5O. The molecular weight excluding hydrogens is 465 g/mol. The van der Waals surface area contributed by atoms with Crippen molar-refractivity contribution in [1.29, 1.82) is 0 Å². The summed E-state index contributed by atoms with van der Waals surface area (Å²) >= 11 is 6.30. The van der Waals surface area contributed by atoms with Gasteiger partial charge in [0.25, 0.3) is 0 Å². The number of hydrogen-bond donors (Lipinski definition) is 1. The first-order valence-electron chi connectivity index (χ1n) is 12.1. The molecule has 0 saturated heterocycles. The Morgan fingerprint density at radius 3 is 2.40 bits per heavy atom. The summed E-state index contributed by atoms with van der Waals surface area (Å²) in [5, 5.41) is 0.292. The van der Waals surface area contributed by atoms with Crippen LogP contribution in [0.5, 0.6) is 5.75 Å². The van der Waals surface area contributed by atoms with Crippen LogP contribution in [0, 0.1) is 19.7 Å². The van der Waals surface area contributed by atoms with Gasteiger partial charge >= 0.3 is 0 Å². The maximum Gasteiger partial charge on any atom is 0.223 e.